The number of carbonyl (C=O) groups is 1. The maximum absolute atomic E-state index is 11.2. The molecule has 0 saturated heterocycles. The quantitative estimate of drug-likeness (QED) is 0.114. The van der Waals surface area contributed by atoms with Crippen LogP contribution in [0.4, 0.5) is 0 Å². The van der Waals surface area contributed by atoms with E-state index < -0.39 is 5.97 Å². The van der Waals surface area contributed by atoms with Gasteiger partial charge in [-0.3, -0.25) is 4.79 Å². The van der Waals surface area contributed by atoms with Gasteiger partial charge in [-0.25, -0.2) is 0 Å². The molecular weight excluding hydrogens is 400 g/mol. The van der Waals surface area contributed by atoms with E-state index in [4.69, 9.17) is 5.73 Å². The Morgan fingerprint density at radius 1 is 0.688 bits per heavy atom. The lowest BCUT2D eigenvalue weighted by atomic mass is 10.0. The van der Waals surface area contributed by atoms with Crippen molar-refractivity contribution in [3.8, 4) is 0 Å². The molecule has 32 heavy (non-hydrogen) atoms. The molecule has 6 heteroatoms. The van der Waals surface area contributed by atoms with Crippen LogP contribution in [0.3, 0.4) is 0 Å². The Morgan fingerprint density at radius 3 is 1.72 bits per heavy atom. The number of hydrogen-bond acceptors (Lipinski definition) is 5. The van der Waals surface area contributed by atoms with Gasteiger partial charge in [-0.05, 0) is 71.4 Å². The summed E-state index contributed by atoms with van der Waals surface area (Å²) in [5, 5.41) is 19.6. The normalized spacial score (nSPS) is 12.3. The Labute approximate surface area is 199 Å². The minimum atomic E-state index is -0.691. The molecular formula is C26H56N4O2. The highest BCUT2D eigenvalue weighted by molar-refractivity contribution is 5.67. The van der Waals surface area contributed by atoms with Gasteiger partial charge in [0.2, 0.25) is 0 Å². The molecule has 0 bridgehead atoms. The second-order valence-corrected chi connectivity index (χ2v) is 9.28. The van der Waals surface area contributed by atoms with Crippen molar-refractivity contribution in [2.75, 3.05) is 39.3 Å². The topological polar surface area (TPSA) is 99.4 Å². The molecule has 1 atom stereocenters. The first-order chi connectivity index (χ1) is 15.7. The summed E-state index contributed by atoms with van der Waals surface area (Å²) in [5.41, 5.74) is 5.47. The van der Waals surface area contributed by atoms with Crippen molar-refractivity contribution in [1.29, 1.82) is 0 Å². The van der Waals surface area contributed by atoms with Crippen LogP contribution in [0.25, 0.3) is 0 Å². The first-order valence-electron chi connectivity index (χ1n) is 13.8. The molecule has 0 fully saturated rings. The molecule has 0 aliphatic heterocycles. The summed E-state index contributed by atoms with van der Waals surface area (Å²) in [6.45, 7) is 8.05. The van der Waals surface area contributed by atoms with E-state index in [-0.39, 0.29) is 12.5 Å². The molecule has 6 N–H and O–H groups in total. The predicted octanol–water partition coefficient (Wildman–Crippen LogP) is 4.82. The fourth-order valence-corrected chi connectivity index (χ4v) is 4.04. The summed E-state index contributed by atoms with van der Waals surface area (Å²) in [5.74, 6) is -0.691. The van der Waals surface area contributed by atoms with E-state index in [9.17, 15) is 9.90 Å². The van der Waals surface area contributed by atoms with Crippen LogP contribution in [0.1, 0.15) is 116 Å². The second kappa shape index (κ2) is 26.6. The van der Waals surface area contributed by atoms with Gasteiger partial charge in [0.05, 0.1) is 6.42 Å². The molecule has 192 valence electrons. The predicted molar refractivity (Wildman–Crippen MR) is 138 cm³/mol. The van der Waals surface area contributed by atoms with Crippen LogP contribution in [-0.2, 0) is 4.79 Å². The molecule has 0 radical (unpaired) electrons. The van der Waals surface area contributed by atoms with Crippen LogP contribution in [-0.4, -0.2) is 56.4 Å². The van der Waals surface area contributed by atoms with Gasteiger partial charge in [-0.2, -0.15) is 0 Å². The summed E-state index contributed by atoms with van der Waals surface area (Å²) >= 11 is 0. The highest BCUT2D eigenvalue weighted by Crippen LogP contribution is 2.13. The van der Waals surface area contributed by atoms with E-state index in [2.05, 4.69) is 22.9 Å². The van der Waals surface area contributed by atoms with Crippen LogP contribution < -0.4 is 21.7 Å². The lowest BCUT2D eigenvalue weighted by Gasteiger charge is -2.17. The third kappa shape index (κ3) is 25.6. The number of unbranched alkanes of at least 4 members (excludes halogenated alkanes) is 11. The van der Waals surface area contributed by atoms with Crippen LogP contribution in [0.5, 0.6) is 0 Å². The van der Waals surface area contributed by atoms with Crippen LogP contribution >= 0.6 is 0 Å². The van der Waals surface area contributed by atoms with Crippen molar-refractivity contribution in [3.63, 3.8) is 0 Å². The molecule has 0 spiro atoms. The molecule has 1 unspecified atom stereocenters. The maximum Gasteiger partial charge on any atom is 0.304 e. The standard InChI is InChI=1S/C26H56N4O2/c1-2-3-4-5-6-7-8-9-10-11-12-17-25(24-26(31)32)30-23-16-22-29-20-14-13-19-28-21-15-18-27/h25,28-30H,2-24,27H2,1H3,(H,31,32). The van der Waals surface area contributed by atoms with Gasteiger partial charge in [0.25, 0.3) is 0 Å². The summed E-state index contributed by atoms with van der Waals surface area (Å²) in [7, 11) is 0. The van der Waals surface area contributed by atoms with Crippen molar-refractivity contribution >= 4 is 5.97 Å². The van der Waals surface area contributed by atoms with E-state index in [0.29, 0.717) is 0 Å². The fourth-order valence-electron chi connectivity index (χ4n) is 4.04. The highest BCUT2D eigenvalue weighted by Gasteiger charge is 2.12. The molecule has 0 saturated carbocycles. The number of carboxylic acid groups (broad SMARTS) is 1. The fraction of sp³-hybridized carbons (Fsp3) is 0.962. The minimum Gasteiger partial charge on any atom is -0.481 e. The number of rotatable bonds is 27. The SMILES string of the molecule is CCCCCCCCCCCCCC(CC(=O)O)NCCCNCCCCNCCCN. The largest absolute Gasteiger partial charge is 0.481 e. The Bertz CT molecular complexity index is 383. The van der Waals surface area contributed by atoms with Gasteiger partial charge in [0, 0.05) is 6.04 Å². The van der Waals surface area contributed by atoms with E-state index in [1.165, 1.54) is 77.0 Å². The third-order valence-corrected chi connectivity index (χ3v) is 6.06. The summed E-state index contributed by atoms with van der Waals surface area (Å²) in [6, 6.07) is 0.116. The van der Waals surface area contributed by atoms with Crippen molar-refractivity contribution in [2.24, 2.45) is 5.73 Å². The Hall–Kier alpha value is -0.690. The van der Waals surface area contributed by atoms with Crippen molar-refractivity contribution in [1.82, 2.24) is 16.0 Å². The van der Waals surface area contributed by atoms with E-state index in [1.54, 1.807) is 0 Å². The Morgan fingerprint density at radius 2 is 1.19 bits per heavy atom. The number of nitrogens with one attached hydrogen (secondary N) is 3. The zero-order chi connectivity index (χ0) is 23.5. The molecule has 0 rings (SSSR count). The molecule has 6 nitrogen and oxygen atoms in total. The van der Waals surface area contributed by atoms with Gasteiger partial charge in [0.15, 0.2) is 0 Å². The number of nitrogens with two attached hydrogens (primary N) is 1. The number of hydrogen-bond donors (Lipinski definition) is 5. The van der Waals surface area contributed by atoms with E-state index in [1.807, 2.05) is 0 Å². The monoisotopic (exact) mass is 456 g/mol. The lowest BCUT2D eigenvalue weighted by molar-refractivity contribution is -0.137. The summed E-state index contributed by atoms with van der Waals surface area (Å²) in [6.07, 6.45) is 20.3. The highest BCUT2D eigenvalue weighted by atomic mass is 16.4. The smallest absolute Gasteiger partial charge is 0.304 e. The molecule has 0 aromatic rings. The maximum atomic E-state index is 11.2. The molecule has 0 aliphatic carbocycles. The third-order valence-electron chi connectivity index (χ3n) is 6.06. The molecule has 0 amide bonds. The van der Waals surface area contributed by atoms with Gasteiger partial charge in [0.1, 0.15) is 0 Å². The summed E-state index contributed by atoms with van der Waals surface area (Å²) in [4.78, 5) is 11.2. The van der Waals surface area contributed by atoms with E-state index >= 15 is 0 Å². The first kappa shape index (κ1) is 31.3. The Kier molecular flexibility index (Phi) is 26.0. The van der Waals surface area contributed by atoms with Gasteiger partial charge in [-0.1, -0.05) is 77.6 Å². The molecule has 0 aliphatic rings. The summed E-state index contributed by atoms with van der Waals surface area (Å²) < 4.78 is 0. The van der Waals surface area contributed by atoms with E-state index in [0.717, 1.165) is 65.0 Å². The van der Waals surface area contributed by atoms with Gasteiger partial charge < -0.3 is 26.8 Å². The lowest BCUT2D eigenvalue weighted by Crippen LogP contribution is -2.33. The second-order valence-electron chi connectivity index (χ2n) is 9.28. The van der Waals surface area contributed by atoms with Crippen molar-refractivity contribution in [2.45, 2.75) is 122 Å². The van der Waals surface area contributed by atoms with Crippen molar-refractivity contribution in [3.05, 3.63) is 0 Å². The van der Waals surface area contributed by atoms with Crippen molar-refractivity contribution < 1.29 is 9.90 Å². The van der Waals surface area contributed by atoms with Crippen LogP contribution in [0, 0.1) is 0 Å². The first-order valence-corrected chi connectivity index (χ1v) is 13.8. The number of aliphatic carboxylic acids is 1. The Balaban J connectivity index is 3.53. The molecule has 0 aromatic carbocycles. The average molecular weight is 457 g/mol. The zero-order valence-corrected chi connectivity index (χ0v) is 21.3. The average Bonchev–Trinajstić information content (AvgIpc) is 2.77. The minimum absolute atomic E-state index is 0.116. The van der Waals surface area contributed by atoms with Crippen LogP contribution in [0.15, 0.2) is 0 Å². The molecule has 0 heterocycles. The van der Waals surface area contributed by atoms with Crippen LogP contribution in [0.2, 0.25) is 0 Å². The van der Waals surface area contributed by atoms with Gasteiger partial charge in [-0.15, -0.1) is 0 Å². The molecule has 0 aromatic heterocycles. The number of carboxylic acids is 1. The zero-order valence-electron chi connectivity index (χ0n) is 21.3. The van der Waals surface area contributed by atoms with Gasteiger partial charge >= 0.3 is 5.97 Å².